The molecule has 3 rings (SSSR count). The fraction of sp³-hybridized carbons (Fsp3) is 0.0909. The number of ether oxygens (including phenoxy) is 1. The number of aryl methyl sites for hydroxylation is 1. The van der Waals surface area contributed by atoms with E-state index >= 15 is 0 Å². The summed E-state index contributed by atoms with van der Waals surface area (Å²) in [5.74, 6) is -0.561. The van der Waals surface area contributed by atoms with Crippen LogP contribution in [-0.4, -0.2) is 17.3 Å². The molecule has 0 saturated carbocycles. The normalized spacial score (nSPS) is 10.9. The molecule has 0 aromatic heterocycles. The maximum Gasteiger partial charge on any atom is 0.335 e. The zero-order chi connectivity index (χ0) is 19.2. The van der Waals surface area contributed by atoms with Crippen molar-refractivity contribution in [2.45, 2.75) is 13.5 Å². The molecule has 1 N–H and O–H groups in total. The van der Waals surface area contributed by atoms with Crippen molar-refractivity contribution in [3.05, 3.63) is 94.8 Å². The Hall–Kier alpha value is -3.47. The number of rotatable bonds is 6. The lowest BCUT2D eigenvalue weighted by molar-refractivity contribution is 0.0697. The van der Waals surface area contributed by atoms with Crippen LogP contribution in [0.5, 0.6) is 5.75 Å². The quantitative estimate of drug-likeness (QED) is 0.615. The molecule has 0 spiro atoms. The molecule has 0 aliphatic heterocycles. The first-order chi connectivity index (χ1) is 13.0. The van der Waals surface area contributed by atoms with Gasteiger partial charge in [0.2, 0.25) is 0 Å². The maximum atomic E-state index is 13.4. The molecule has 0 bridgehead atoms. The number of carboxylic acid groups (broad SMARTS) is 1. The molecule has 0 amide bonds. The Balaban J connectivity index is 1.72. The number of aromatic carboxylic acids is 1. The summed E-state index contributed by atoms with van der Waals surface area (Å²) in [4.78, 5) is 15.3. The van der Waals surface area contributed by atoms with E-state index in [1.165, 1.54) is 6.07 Å². The first-order valence-electron chi connectivity index (χ1n) is 8.37. The third-order valence-electron chi connectivity index (χ3n) is 4.01. The van der Waals surface area contributed by atoms with E-state index < -0.39 is 5.97 Å². The lowest BCUT2D eigenvalue weighted by Gasteiger charge is -2.09. The van der Waals surface area contributed by atoms with Crippen molar-refractivity contribution in [3.8, 4) is 5.75 Å². The minimum atomic E-state index is -0.958. The van der Waals surface area contributed by atoms with E-state index in [9.17, 15) is 9.18 Å². The second-order valence-corrected chi connectivity index (χ2v) is 6.02. The highest BCUT2D eigenvalue weighted by molar-refractivity contribution is 5.87. The van der Waals surface area contributed by atoms with Crippen LogP contribution in [0.25, 0.3) is 0 Å². The van der Waals surface area contributed by atoms with Crippen LogP contribution in [0.4, 0.5) is 10.1 Å². The zero-order valence-corrected chi connectivity index (χ0v) is 14.7. The van der Waals surface area contributed by atoms with Gasteiger partial charge in [0.05, 0.1) is 11.3 Å². The number of nitrogens with zero attached hydrogens (tertiary/aromatic N) is 1. The summed E-state index contributed by atoms with van der Waals surface area (Å²) in [5.41, 5.74) is 3.09. The molecule has 3 aromatic rings. The summed E-state index contributed by atoms with van der Waals surface area (Å²) < 4.78 is 19.2. The average molecular weight is 363 g/mol. The molecule has 0 heterocycles. The molecule has 0 aliphatic carbocycles. The number of halogens is 1. The number of para-hydroxylation sites is 1. The van der Waals surface area contributed by atoms with Gasteiger partial charge in [0, 0.05) is 11.8 Å². The van der Waals surface area contributed by atoms with Crippen LogP contribution in [0, 0.1) is 12.7 Å². The largest absolute Gasteiger partial charge is 0.488 e. The lowest BCUT2D eigenvalue weighted by Crippen LogP contribution is -2.00. The predicted octanol–water partition coefficient (Wildman–Crippen LogP) is 5.16. The van der Waals surface area contributed by atoms with Gasteiger partial charge in [-0.15, -0.1) is 0 Å². The molecule has 0 saturated heterocycles. The topological polar surface area (TPSA) is 58.9 Å². The number of benzene rings is 3. The van der Waals surface area contributed by atoms with Gasteiger partial charge in [-0.1, -0.05) is 24.3 Å². The summed E-state index contributed by atoms with van der Waals surface area (Å²) >= 11 is 0. The van der Waals surface area contributed by atoms with Gasteiger partial charge in [-0.05, 0) is 60.5 Å². The molecule has 0 aliphatic rings. The molecule has 0 fully saturated rings. The van der Waals surface area contributed by atoms with Crippen molar-refractivity contribution in [1.82, 2.24) is 0 Å². The van der Waals surface area contributed by atoms with E-state index in [0.717, 1.165) is 11.1 Å². The van der Waals surface area contributed by atoms with Crippen molar-refractivity contribution in [2.75, 3.05) is 0 Å². The van der Waals surface area contributed by atoms with E-state index in [2.05, 4.69) is 4.99 Å². The fourth-order valence-corrected chi connectivity index (χ4v) is 2.48. The van der Waals surface area contributed by atoms with Crippen molar-refractivity contribution >= 4 is 17.9 Å². The molecule has 5 heteroatoms. The van der Waals surface area contributed by atoms with Gasteiger partial charge >= 0.3 is 5.97 Å². The Kier molecular flexibility index (Phi) is 5.61. The van der Waals surface area contributed by atoms with Crippen LogP contribution in [0.2, 0.25) is 0 Å². The van der Waals surface area contributed by atoms with E-state index in [4.69, 9.17) is 9.84 Å². The van der Waals surface area contributed by atoms with Crippen LogP contribution in [0.1, 0.15) is 27.0 Å². The van der Waals surface area contributed by atoms with E-state index in [0.29, 0.717) is 23.6 Å². The standard InChI is InChI=1S/C22H18FNO3/c1-15-12-19(10-11-20(15)23)24-13-18-4-2-3-5-21(18)27-14-16-6-8-17(9-7-16)22(25)26/h2-13H,14H2,1H3,(H,25,26). The average Bonchev–Trinajstić information content (AvgIpc) is 2.68. The van der Waals surface area contributed by atoms with Crippen LogP contribution >= 0.6 is 0 Å². The molecular formula is C22H18FNO3. The van der Waals surface area contributed by atoms with Gasteiger partial charge in [0.25, 0.3) is 0 Å². The number of aliphatic imine (C=N–C) groups is 1. The van der Waals surface area contributed by atoms with E-state index in [1.807, 2.05) is 24.3 Å². The van der Waals surface area contributed by atoms with Crippen molar-refractivity contribution in [1.29, 1.82) is 0 Å². The number of carboxylic acids is 1. The second-order valence-electron chi connectivity index (χ2n) is 6.02. The van der Waals surface area contributed by atoms with Gasteiger partial charge in [-0.25, -0.2) is 9.18 Å². The third-order valence-corrected chi connectivity index (χ3v) is 4.01. The molecule has 0 atom stereocenters. The molecular weight excluding hydrogens is 345 g/mol. The Bertz CT molecular complexity index is 981. The van der Waals surface area contributed by atoms with Crippen LogP contribution in [0.3, 0.4) is 0 Å². The first-order valence-corrected chi connectivity index (χ1v) is 8.37. The lowest BCUT2D eigenvalue weighted by atomic mass is 10.1. The zero-order valence-electron chi connectivity index (χ0n) is 14.7. The Morgan fingerprint density at radius 2 is 1.85 bits per heavy atom. The summed E-state index contributed by atoms with van der Waals surface area (Å²) in [7, 11) is 0. The van der Waals surface area contributed by atoms with Crippen LogP contribution < -0.4 is 4.74 Å². The van der Waals surface area contributed by atoms with Gasteiger partial charge < -0.3 is 9.84 Å². The van der Waals surface area contributed by atoms with Gasteiger partial charge in [0.1, 0.15) is 18.2 Å². The van der Waals surface area contributed by atoms with Crippen molar-refractivity contribution in [3.63, 3.8) is 0 Å². The van der Waals surface area contributed by atoms with Crippen molar-refractivity contribution < 1.29 is 19.0 Å². The number of carbonyl (C=O) groups is 1. The Morgan fingerprint density at radius 1 is 1.11 bits per heavy atom. The summed E-state index contributed by atoms with van der Waals surface area (Å²) in [6.45, 7) is 2.00. The van der Waals surface area contributed by atoms with Crippen molar-refractivity contribution in [2.24, 2.45) is 4.99 Å². The smallest absolute Gasteiger partial charge is 0.335 e. The van der Waals surface area contributed by atoms with Gasteiger partial charge in [0.15, 0.2) is 0 Å². The fourth-order valence-electron chi connectivity index (χ4n) is 2.48. The highest BCUT2D eigenvalue weighted by Gasteiger charge is 2.04. The third kappa shape index (κ3) is 4.79. The molecule has 0 unspecified atom stereocenters. The maximum absolute atomic E-state index is 13.4. The van der Waals surface area contributed by atoms with Crippen LogP contribution in [0.15, 0.2) is 71.7 Å². The second kappa shape index (κ2) is 8.27. The highest BCUT2D eigenvalue weighted by atomic mass is 19.1. The monoisotopic (exact) mass is 363 g/mol. The number of hydrogen-bond acceptors (Lipinski definition) is 3. The SMILES string of the molecule is Cc1cc(N=Cc2ccccc2OCc2ccc(C(=O)O)cc2)ccc1F. The highest BCUT2D eigenvalue weighted by Crippen LogP contribution is 2.21. The summed E-state index contributed by atoms with van der Waals surface area (Å²) in [5, 5.41) is 8.94. The summed E-state index contributed by atoms with van der Waals surface area (Å²) in [6.07, 6.45) is 1.68. The first kappa shape index (κ1) is 18.3. The predicted molar refractivity (Wildman–Crippen MR) is 103 cm³/mol. The van der Waals surface area contributed by atoms with Gasteiger partial charge in [-0.3, -0.25) is 4.99 Å². The molecule has 4 nitrogen and oxygen atoms in total. The number of hydrogen-bond donors (Lipinski definition) is 1. The van der Waals surface area contributed by atoms with Gasteiger partial charge in [-0.2, -0.15) is 0 Å². The van der Waals surface area contributed by atoms with E-state index in [-0.39, 0.29) is 11.4 Å². The summed E-state index contributed by atoms with van der Waals surface area (Å²) in [6, 6.07) is 18.7. The Morgan fingerprint density at radius 3 is 2.56 bits per heavy atom. The molecule has 27 heavy (non-hydrogen) atoms. The van der Waals surface area contributed by atoms with E-state index in [1.54, 1.807) is 49.5 Å². The molecule has 3 aromatic carbocycles. The minimum Gasteiger partial charge on any atom is -0.488 e. The molecule has 136 valence electrons. The minimum absolute atomic E-state index is 0.237. The Labute approximate surface area is 156 Å². The molecule has 0 radical (unpaired) electrons. The van der Waals surface area contributed by atoms with Crippen LogP contribution in [-0.2, 0) is 6.61 Å².